The lowest BCUT2D eigenvalue weighted by atomic mass is 9.96. The third kappa shape index (κ3) is 4.11. The Hall–Kier alpha value is -3.08. The molecule has 3 aromatic rings. The van der Waals surface area contributed by atoms with Gasteiger partial charge in [-0.25, -0.2) is 0 Å². The Morgan fingerprint density at radius 2 is 1.31 bits per heavy atom. The van der Waals surface area contributed by atoms with Gasteiger partial charge in [-0.05, 0) is 29.8 Å². The maximum absolute atomic E-state index is 13.0. The Labute approximate surface area is 149 Å². The van der Waals surface area contributed by atoms with Crippen molar-refractivity contribution in [1.82, 2.24) is 0 Å². The summed E-state index contributed by atoms with van der Waals surface area (Å²) < 4.78 is 38.2. The second-order valence-electron chi connectivity index (χ2n) is 5.79. The Kier molecular flexibility index (Phi) is 5.07. The van der Waals surface area contributed by atoms with Crippen LogP contribution in [0.5, 0.6) is 0 Å². The van der Waals surface area contributed by atoms with Crippen molar-refractivity contribution in [2.75, 3.05) is 5.32 Å². The first-order valence-corrected chi connectivity index (χ1v) is 8.03. The van der Waals surface area contributed by atoms with Crippen molar-refractivity contribution in [3.8, 4) is 0 Å². The molecule has 1 atom stereocenters. The third-order valence-corrected chi connectivity index (χ3v) is 3.98. The molecule has 0 heterocycles. The van der Waals surface area contributed by atoms with Crippen molar-refractivity contribution < 1.29 is 18.0 Å². The summed E-state index contributed by atoms with van der Waals surface area (Å²) in [6.07, 6.45) is -4.43. The summed E-state index contributed by atoms with van der Waals surface area (Å²) in [5.74, 6) is -0.297. The molecule has 2 nitrogen and oxygen atoms in total. The molecule has 3 rings (SSSR count). The highest BCUT2D eigenvalue weighted by Gasteiger charge is 2.30. The minimum absolute atomic E-state index is 0.218. The van der Waals surface area contributed by atoms with Crippen molar-refractivity contribution in [1.29, 1.82) is 0 Å². The number of ketones is 1. The molecule has 0 aliphatic carbocycles. The SMILES string of the molecule is O=C(c1ccc(C(F)(F)F)cc1)[C@@H](Nc1ccccc1)c1ccccc1. The van der Waals surface area contributed by atoms with E-state index in [1.54, 1.807) is 0 Å². The number of Topliss-reactive ketones (excluding diaryl/α,β-unsaturated/α-hetero) is 1. The second kappa shape index (κ2) is 7.44. The van der Waals surface area contributed by atoms with E-state index in [2.05, 4.69) is 5.32 Å². The number of para-hydroxylation sites is 1. The van der Waals surface area contributed by atoms with E-state index >= 15 is 0 Å². The maximum Gasteiger partial charge on any atom is 0.416 e. The van der Waals surface area contributed by atoms with Crippen molar-refractivity contribution in [2.45, 2.75) is 12.2 Å². The summed E-state index contributed by atoms with van der Waals surface area (Å²) in [5, 5.41) is 3.17. The zero-order valence-corrected chi connectivity index (χ0v) is 13.7. The Balaban J connectivity index is 1.92. The van der Waals surface area contributed by atoms with Crippen LogP contribution in [0, 0.1) is 0 Å². The minimum Gasteiger partial charge on any atom is -0.371 e. The predicted octanol–water partition coefficient (Wildman–Crippen LogP) is 5.74. The van der Waals surface area contributed by atoms with Crippen LogP contribution >= 0.6 is 0 Å². The van der Waals surface area contributed by atoms with Crippen LogP contribution in [0.4, 0.5) is 18.9 Å². The van der Waals surface area contributed by atoms with Gasteiger partial charge in [-0.15, -0.1) is 0 Å². The molecule has 0 aliphatic heterocycles. The van der Waals surface area contributed by atoms with Crippen LogP contribution in [-0.2, 0) is 6.18 Å². The van der Waals surface area contributed by atoms with E-state index in [1.165, 1.54) is 12.1 Å². The zero-order valence-electron chi connectivity index (χ0n) is 13.7. The van der Waals surface area contributed by atoms with Gasteiger partial charge in [0, 0.05) is 11.3 Å². The van der Waals surface area contributed by atoms with Gasteiger partial charge in [0.2, 0.25) is 0 Å². The lowest BCUT2D eigenvalue weighted by Gasteiger charge is -2.20. The summed E-state index contributed by atoms with van der Waals surface area (Å²) in [6, 6.07) is 21.9. The third-order valence-electron chi connectivity index (χ3n) is 3.98. The van der Waals surface area contributed by atoms with Crippen molar-refractivity contribution in [3.63, 3.8) is 0 Å². The van der Waals surface area contributed by atoms with Crippen molar-refractivity contribution >= 4 is 11.5 Å². The minimum atomic E-state index is -4.43. The maximum atomic E-state index is 13.0. The van der Waals surface area contributed by atoms with Gasteiger partial charge < -0.3 is 5.32 Å². The quantitative estimate of drug-likeness (QED) is 0.591. The van der Waals surface area contributed by atoms with Crippen LogP contribution < -0.4 is 5.32 Å². The number of carbonyl (C=O) groups is 1. The van der Waals surface area contributed by atoms with E-state index in [-0.39, 0.29) is 11.3 Å². The largest absolute Gasteiger partial charge is 0.416 e. The first-order chi connectivity index (χ1) is 12.4. The fourth-order valence-corrected chi connectivity index (χ4v) is 2.64. The first kappa shape index (κ1) is 17.7. The molecule has 1 N–H and O–H groups in total. The summed E-state index contributed by atoms with van der Waals surface area (Å²) in [4.78, 5) is 13.0. The molecule has 0 aliphatic rings. The van der Waals surface area contributed by atoms with E-state index in [1.807, 2.05) is 60.7 Å². The monoisotopic (exact) mass is 355 g/mol. The summed E-state index contributed by atoms with van der Waals surface area (Å²) in [7, 11) is 0. The van der Waals surface area contributed by atoms with Gasteiger partial charge in [0.1, 0.15) is 6.04 Å². The van der Waals surface area contributed by atoms with Gasteiger partial charge in [0.05, 0.1) is 5.56 Å². The van der Waals surface area contributed by atoms with Crippen LogP contribution in [-0.4, -0.2) is 5.78 Å². The fraction of sp³-hybridized carbons (Fsp3) is 0.0952. The predicted molar refractivity (Wildman–Crippen MR) is 95.0 cm³/mol. The molecule has 5 heteroatoms. The Morgan fingerprint density at radius 3 is 1.85 bits per heavy atom. The molecule has 0 spiro atoms. The summed E-state index contributed by atoms with van der Waals surface area (Å²) in [6.45, 7) is 0. The highest BCUT2D eigenvalue weighted by atomic mass is 19.4. The normalized spacial score (nSPS) is 12.4. The van der Waals surface area contributed by atoms with Crippen LogP contribution in [0.3, 0.4) is 0 Å². The number of hydrogen-bond acceptors (Lipinski definition) is 2. The van der Waals surface area contributed by atoms with Crippen LogP contribution in [0.25, 0.3) is 0 Å². The summed E-state index contributed by atoms with van der Waals surface area (Å²) >= 11 is 0. The molecule has 0 fully saturated rings. The van der Waals surface area contributed by atoms with Crippen molar-refractivity contribution in [2.24, 2.45) is 0 Å². The lowest BCUT2D eigenvalue weighted by molar-refractivity contribution is -0.137. The van der Waals surface area contributed by atoms with Gasteiger partial charge in [-0.2, -0.15) is 13.2 Å². The second-order valence-corrected chi connectivity index (χ2v) is 5.79. The molecular formula is C21H16F3NO. The molecule has 0 unspecified atom stereocenters. The molecular weight excluding hydrogens is 339 g/mol. The van der Waals surface area contributed by atoms with E-state index in [0.29, 0.717) is 0 Å². The molecule has 0 saturated heterocycles. The number of anilines is 1. The lowest BCUT2D eigenvalue weighted by Crippen LogP contribution is -2.21. The molecule has 0 aromatic heterocycles. The number of benzene rings is 3. The highest BCUT2D eigenvalue weighted by Crippen LogP contribution is 2.30. The van der Waals surface area contributed by atoms with E-state index in [9.17, 15) is 18.0 Å². The topological polar surface area (TPSA) is 29.1 Å². The van der Waals surface area contributed by atoms with E-state index in [4.69, 9.17) is 0 Å². The number of halogens is 3. The number of rotatable bonds is 5. The number of carbonyl (C=O) groups excluding carboxylic acids is 1. The van der Waals surface area contributed by atoms with Crippen LogP contribution in [0.2, 0.25) is 0 Å². The van der Waals surface area contributed by atoms with Crippen LogP contribution in [0.15, 0.2) is 84.9 Å². The molecule has 26 heavy (non-hydrogen) atoms. The average molecular weight is 355 g/mol. The number of alkyl halides is 3. The summed E-state index contributed by atoms with van der Waals surface area (Å²) in [5.41, 5.74) is 0.930. The van der Waals surface area contributed by atoms with Gasteiger partial charge in [-0.3, -0.25) is 4.79 Å². The number of nitrogens with one attached hydrogen (secondary N) is 1. The van der Waals surface area contributed by atoms with Gasteiger partial charge in [0.25, 0.3) is 0 Å². The molecule has 0 amide bonds. The van der Waals surface area contributed by atoms with Crippen LogP contribution in [0.1, 0.15) is 27.5 Å². The molecule has 132 valence electrons. The molecule has 0 radical (unpaired) electrons. The molecule has 0 saturated carbocycles. The average Bonchev–Trinajstić information content (AvgIpc) is 2.66. The van der Waals surface area contributed by atoms with Gasteiger partial charge in [-0.1, -0.05) is 60.7 Å². The molecule has 0 bridgehead atoms. The van der Waals surface area contributed by atoms with Gasteiger partial charge in [0.15, 0.2) is 5.78 Å². The van der Waals surface area contributed by atoms with Crippen molar-refractivity contribution in [3.05, 3.63) is 102 Å². The molecule has 3 aromatic carbocycles. The van der Waals surface area contributed by atoms with E-state index in [0.717, 1.165) is 23.4 Å². The first-order valence-electron chi connectivity index (χ1n) is 8.03. The Bertz CT molecular complexity index is 859. The standard InChI is InChI=1S/C21H16F3NO/c22-21(23,24)17-13-11-16(12-14-17)20(26)19(15-7-3-1-4-8-15)25-18-9-5-2-6-10-18/h1-14,19,25H/t19-/m0/s1. The fourth-order valence-electron chi connectivity index (χ4n) is 2.64. The zero-order chi connectivity index (χ0) is 18.6. The smallest absolute Gasteiger partial charge is 0.371 e. The number of hydrogen-bond donors (Lipinski definition) is 1. The Morgan fingerprint density at radius 1 is 0.769 bits per heavy atom. The van der Waals surface area contributed by atoms with E-state index < -0.39 is 17.8 Å². The van der Waals surface area contributed by atoms with Gasteiger partial charge >= 0.3 is 6.18 Å². The highest BCUT2D eigenvalue weighted by molar-refractivity contribution is 6.02.